The summed E-state index contributed by atoms with van der Waals surface area (Å²) in [6.07, 6.45) is 12.0. The van der Waals surface area contributed by atoms with Crippen molar-refractivity contribution in [1.29, 1.82) is 0 Å². The molecule has 5 rings (SSSR count). The van der Waals surface area contributed by atoms with Crippen LogP contribution in [0, 0.1) is 0 Å². The number of rotatable bonds is 5. The Morgan fingerprint density at radius 1 is 1.03 bits per heavy atom. The summed E-state index contributed by atoms with van der Waals surface area (Å²) in [5.41, 5.74) is 4.91. The number of aromatic nitrogens is 5. The average Bonchev–Trinajstić information content (AvgIpc) is 3.18. The van der Waals surface area contributed by atoms with Crippen molar-refractivity contribution in [2.45, 2.75) is 44.8 Å². The second-order valence-corrected chi connectivity index (χ2v) is 7.47. The first-order valence-electron chi connectivity index (χ1n) is 10.2. The molecular formula is C22H24N6O. The summed E-state index contributed by atoms with van der Waals surface area (Å²) in [5.74, 6) is 0.670. The van der Waals surface area contributed by atoms with Crippen LogP contribution in [-0.2, 0) is 4.74 Å². The molecule has 1 aliphatic carbocycles. The van der Waals surface area contributed by atoms with E-state index in [1.54, 1.807) is 12.4 Å². The zero-order chi connectivity index (χ0) is 19.6. The van der Waals surface area contributed by atoms with Gasteiger partial charge in [-0.15, -0.1) is 5.10 Å². The molecule has 1 aromatic carbocycles. The van der Waals surface area contributed by atoms with E-state index < -0.39 is 0 Å². The van der Waals surface area contributed by atoms with Gasteiger partial charge in [-0.05, 0) is 56.4 Å². The molecule has 1 N–H and O–H groups in total. The smallest absolute Gasteiger partial charge is 0.241 e. The van der Waals surface area contributed by atoms with E-state index in [-0.39, 0.29) is 0 Å². The van der Waals surface area contributed by atoms with E-state index in [2.05, 4.69) is 50.5 Å². The highest BCUT2D eigenvalue weighted by Crippen LogP contribution is 2.28. The predicted octanol–water partition coefficient (Wildman–Crippen LogP) is 4.10. The van der Waals surface area contributed by atoms with Crippen molar-refractivity contribution in [2.75, 3.05) is 11.9 Å². The van der Waals surface area contributed by atoms with Crippen molar-refractivity contribution < 1.29 is 4.74 Å². The largest absolute Gasteiger partial charge is 0.379 e. The number of nitrogens with zero attached hydrogens (tertiary/aromatic N) is 5. The van der Waals surface area contributed by atoms with E-state index in [1.807, 2.05) is 23.0 Å². The Morgan fingerprint density at radius 2 is 1.86 bits per heavy atom. The zero-order valence-electron chi connectivity index (χ0n) is 16.5. The second kappa shape index (κ2) is 7.75. The quantitative estimate of drug-likeness (QED) is 0.555. The highest BCUT2D eigenvalue weighted by molar-refractivity contribution is 5.86. The highest BCUT2D eigenvalue weighted by Gasteiger charge is 2.22. The second-order valence-electron chi connectivity index (χ2n) is 7.47. The van der Waals surface area contributed by atoms with E-state index in [9.17, 15) is 0 Å². The fourth-order valence-electron chi connectivity index (χ4n) is 4.13. The van der Waals surface area contributed by atoms with Crippen molar-refractivity contribution >= 4 is 22.5 Å². The molecule has 1 saturated carbocycles. The molecule has 29 heavy (non-hydrogen) atoms. The fourth-order valence-corrected chi connectivity index (χ4v) is 4.13. The molecule has 1 fully saturated rings. The Hall–Kier alpha value is -3.06. The first-order valence-corrected chi connectivity index (χ1v) is 10.2. The minimum absolute atomic E-state index is 0.401. The van der Waals surface area contributed by atoms with Crippen molar-refractivity contribution in [2.24, 2.45) is 0 Å². The van der Waals surface area contributed by atoms with Gasteiger partial charge >= 0.3 is 0 Å². The number of anilines is 1. The van der Waals surface area contributed by atoms with Crippen LogP contribution in [0.15, 0.2) is 49.1 Å². The summed E-state index contributed by atoms with van der Waals surface area (Å²) in [6, 6.07) is 8.59. The number of hydrogen-bond donors (Lipinski definition) is 1. The SMILES string of the molecule is CCO[C@H]1CC[C@H](Nc2ncc3c(-c4ccc5nccnc5c4)ccn3n2)CC1. The van der Waals surface area contributed by atoms with Crippen LogP contribution in [0.5, 0.6) is 0 Å². The van der Waals surface area contributed by atoms with Gasteiger partial charge in [0.05, 0.1) is 28.9 Å². The van der Waals surface area contributed by atoms with E-state index in [0.717, 1.165) is 60.0 Å². The Kier molecular flexibility index (Phi) is 4.81. The molecule has 0 spiro atoms. The van der Waals surface area contributed by atoms with Crippen molar-refractivity contribution in [3.05, 3.63) is 49.1 Å². The van der Waals surface area contributed by atoms with Gasteiger partial charge in [0.2, 0.25) is 5.95 Å². The minimum Gasteiger partial charge on any atom is -0.379 e. The number of hydrogen-bond acceptors (Lipinski definition) is 6. The molecule has 0 saturated heterocycles. The molecule has 0 unspecified atom stereocenters. The van der Waals surface area contributed by atoms with Crippen LogP contribution in [0.3, 0.4) is 0 Å². The Bertz CT molecular complexity index is 1130. The number of fused-ring (bicyclic) bond motifs is 2. The Labute approximate surface area is 169 Å². The van der Waals surface area contributed by atoms with Crippen molar-refractivity contribution in [1.82, 2.24) is 24.6 Å². The van der Waals surface area contributed by atoms with Crippen LogP contribution in [0.1, 0.15) is 32.6 Å². The van der Waals surface area contributed by atoms with Gasteiger partial charge in [-0.25, -0.2) is 9.50 Å². The topological polar surface area (TPSA) is 77.2 Å². The van der Waals surface area contributed by atoms with E-state index in [4.69, 9.17) is 4.74 Å². The van der Waals surface area contributed by atoms with Crippen LogP contribution in [0.4, 0.5) is 5.95 Å². The van der Waals surface area contributed by atoms with E-state index in [1.165, 1.54) is 0 Å². The number of ether oxygens (including phenoxy) is 1. The third-order valence-electron chi connectivity index (χ3n) is 5.61. The lowest BCUT2D eigenvalue weighted by atomic mass is 9.93. The highest BCUT2D eigenvalue weighted by atomic mass is 16.5. The maximum Gasteiger partial charge on any atom is 0.241 e. The molecule has 3 heterocycles. The lowest BCUT2D eigenvalue weighted by molar-refractivity contribution is 0.0346. The van der Waals surface area contributed by atoms with Gasteiger partial charge in [0.1, 0.15) is 0 Å². The van der Waals surface area contributed by atoms with Gasteiger partial charge in [-0.2, -0.15) is 0 Å². The molecule has 0 atom stereocenters. The van der Waals surface area contributed by atoms with Crippen molar-refractivity contribution in [3.63, 3.8) is 0 Å². The minimum atomic E-state index is 0.401. The van der Waals surface area contributed by atoms with Crippen LogP contribution < -0.4 is 5.32 Å². The maximum atomic E-state index is 5.74. The normalized spacial score (nSPS) is 19.6. The van der Waals surface area contributed by atoms with Gasteiger partial charge < -0.3 is 10.1 Å². The lowest BCUT2D eigenvalue weighted by Gasteiger charge is -2.28. The average molecular weight is 388 g/mol. The van der Waals surface area contributed by atoms with Crippen LogP contribution in [0.25, 0.3) is 27.7 Å². The molecule has 0 amide bonds. The van der Waals surface area contributed by atoms with E-state index in [0.29, 0.717) is 18.1 Å². The molecule has 7 heteroatoms. The molecule has 0 radical (unpaired) electrons. The lowest BCUT2D eigenvalue weighted by Crippen LogP contribution is -2.30. The number of benzene rings is 1. The van der Waals surface area contributed by atoms with E-state index >= 15 is 0 Å². The maximum absolute atomic E-state index is 5.74. The first-order chi connectivity index (χ1) is 14.3. The fraction of sp³-hybridized carbons (Fsp3) is 0.364. The standard InChI is InChI=1S/C22H24N6O/c1-2-29-17-6-4-16(5-7-17)26-22-25-14-21-18(9-12-28(21)27-22)15-3-8-19-20(13-15)24-11-10-23-19/h3,8-14,16-17H,2,4-7H2,1H3,(H,26,27)/t16-,17-. The molecule has 148 valence electrons. The Balaban J connectivity index is 1.36. The molecule has 3 aromatic heterocycles. The first kappa shape index (κ1) is 18.0. The van der Waals surface area contributed by atoms with Crippen LogP contribution in [0.2, 0.25) is 0 Å². The third-order valence-corrected chi connectivity index (χ3v) is 5.61. The Morgan fingerprint density at radius 3 is 2.69 bits per heavy atom. The van der Waals surface area contributed by atoms with Gasteiger partial charge in [0, 0.05) is 36.8 Å². The van der Waals surface area contributed by atoms with Crippen LogP contribution in [-0.4, -0.2) is 43.3 Å². The van der Waals surface area contributed by atoms with Crippen molar-refractivity contribution in [3.8, 4) is 11.1 Å². The molecule has 1 aliphatic rings. The van der Waals surface area contributed by atoms with Gasteiger partial charge in [0.25, 0.3) is 0 Å². The predicted molar refractivity (Wildman–Crippen MR) is 113 cm³/mol. The summed E-state index contributed by atoms with van der Waals surface area (Å²) >= 11 is 0. The molecular weight excluding hydrogens is 364 g/mol. The monoisotopic (exact) mass is 388 g/mol. The summed E-state index contributed by atoms with van der Waals surface area (Å²) in [5, 5.41) is 8.16. The summed E-state index contributed by atoms with van der Waals surface area (Å²) in [4.78, 5) is 13.3. The van der Waals surface area contributed by atoms with Gasteiger partial charge in [0.15, 0.2) is 0 Å². The summed E-state index contributed by atoms with van der Waals surface area (Å²) < 4.78 is 7.63. The van der Waals surface area contributed by atoms with Gasteiger partial charge in [-0.1, -0.05) is 6.07 Å². The molecule has 4 aromatic rings. The summed E-state index contributed by atoms with van der Waals surface area (Å²) in [6.45, 7) is 2.85. The molecule has 0 bridgehead atoms. The zero-order valence-corrected chi connectivity index (χ0v) is 16.5. The number of nitrogens with one attached hydrogen (secondary N) is 1. The molecule has 0 aliphatic heterocycles. The third kappa shape index (κ3) is 3.65. The molecule has 7 nitrogen and oxygen atoms in total. The van der Waals surface area contributed by atoms with Gasteiger partial charge in [-0.3, -0.25) is 9.97 Å². The summed E-state index contributed by atoms with van der Waals surface area (Å²) in [7, 11) is 0. The van der Waals surface area contributed by atoms with Crippen LogP contribution >= 0.6 is 0 Å².